The third-order valence-electron chi connectivity index (χ3n) is 5.04. The second kappa shape index (κ2) is 10.3. The summed E-state index contributed by atoms with van der Waals surface area (Å²) < 4.78 is 13.4. The van der Waals surface area contributed by atoms with Crippen LogP contribution in [0.25, 0.3) is 0 Å². The van der Waals surface area contributed by atoms with Crippen LogP contribution in [-0.4, -0.2) is 10.9 Å². The summed E-state index contributed by atoms with van der Waals surface area (Å²) in [6.45, 7) is 0. The summed E-state index contributed by atoms with van der Waals surface area (Å²) in [4.78, 5) is 18.1. The van der Waals surface area contributed by atoms with Gasteiger partial charge in [0.05, 0.1) is 0 Å². The Balaban J connectivity index is 1.47. The van der Waals surface area contributed by atoms with Crippen molar-refractivity contribution >= 4 is 45.6 Å². The van der Waals surface area contributed by atoms with Gasteiger partial charge in [-0.05, 0) is 47.0 Å². The van der Waals surface area contributed by atoms with Crippen molar-refractivity contribution in [3.05, 3.63) is 116 Å². The third-order valence-corrected chi connectivity index (χ3v) is 6.55. The van der Waals surface area contributed by atoms with Crippen LogP contribution in [0.15, 0.2) is 79.0 Å². The Kier molecular flexibility index (Phi) is 7.20. The average Bonchev–Trinajstić information content (AvgIpc) is 3.22. The number of thiazole rings is 1. The molecule has 0 saturated heterocycles. The summed E-state index contributed by atoms with van der Waals surface area (Å²) in [5.74, 6) is -0.661. The van der Waals surface area contributed by atoms with E-state index >= 15 is 0 Å². The number of anilines is 1. The predicted molar refractivity (Wildman–Crippen MR) is 129 cm³/mol. The molecule has 0 aliphatic rings. The molecule has 3 nitrogen and oxygen atoms in total. The molecule has 0 aliphatic heterocycles. The van der Waals surface area contributed by atoms with Gasteiger partial charge >= 0.3 is 0 Å². The van der Waals surface area contributed by atoms with Crippen molar-refractivity contribution in [3.8, 4) is 0 Å². The standard InChI is InChI=1S/C25H19Cl2FN2OS/c26-19-8-11-23(27)18(12-19)13-21-15-29-25(32-21)30-24(31)14-22(16-4-2-1-3-5-16)17-6-9-20(28)10-7-17/h1-12,15,22H,13-14H2,(H,29,30,31). The normalized spacial score (nSPS) is 11.8. The Hall–Kier alpha value is -2.73. The number of hydrogen-bond acceptors (Lipinski definition) is 3. The van der Waals surface area contributed by atoms with Crippen molar-refractivity contribution < 1.29 is 9.18 Å². The number of hydrogen-bond donors (Lipinski definition) is 1. The first kappa shape index (κ1) is 22.5. The fourth-order valence-corrected chi connectivity index (χ4v) is 4.71. The number of rotatable bonds is 7. The summed E-state index contributed by atoms with van der Waals surface area (Å²) in [6.07, 6.45) is 2.52. The molecule has 32 heavy (non-hydrogen) atoms. The van der Waals surface area contributed by atoms with Crippen molar-refractivity contribution in [2.24, 2.45) is 0 Å². The molecule has 0 bridgehead atoms. The van der Waals surface area contributed by atoms with E-state index in [0.717, 1.165) is 21.6 Å². The lowest BCUT2D eigenvalue weighted by atomic mass is 9.88. The summed E-state index contributed by atoms with van der Waals surface area (Å²) >= 11 is 13.7. The van der Waals surface area contributed by atoms with E-state index < -0.39 is 0 Å². The average molecular weight is 485 g/mol. The summed E-state index contributed by atoms with van der Waals surface area (Å²) in [7, 11) is 0. The van der Waals surface area contributed by atoms with Gasteiger partial charge in [-0.3, -0.25) is 4.79 Å². The number of halogens is 3. The maximum atomic E-state index is 13.4. The molecular formula is C25H19Cl2FN2OS. The first-order valence-electron chi connectivity index (χ1n) is 9.97. The molecule has 4 rings (SSSR count). The Labute approximate surface area is 199 Å². The van der Waals surface area contributed by atoms with Gasteiger partial charge in [-0.25, -0.2) is 9.37 Å². The van der Waals surface area contributed by atoms with Crippen LogP contribution < -0.4 is 5.32 Å². The number of carbonyl (C=O) groups is 1. The Bertz CT molecular complexity index is 1210. The molecule has 1 amide bonds. The van der Waals surface area contributed by atoms with E-state index in [1.807, 2.05) is 36.4 Å². The fraction of sp³-hybridized carbons (Fsp3) is 0.120. The number of nitrogens with one attached hydrogen (secondary N) is 1. The van der Waals surface area contributed by atoms with E-state index in [1.54, 1.807) is 30.5 Å². The van der Waals surface area contributed by atoms with Crippen LogP contribution >= 0.6 is 34.5 Å². The molecule has 3 aromatic carbocycles. The molecule has 4 aromatic rings. The Morgan fingerprint density at radius 2 is 1.72 bits per heavy atom. The SMILES string of the molecule is O=C(CC(c1ccccc1)c1ccc(F)cc1)Nc1ncc(Cc2cc(Cl)ccc2Cl)s1. The van der Waals surface area contributed by atoms with Gasteiger partial charge in [0, 0.05) is 39.9 Å². The molecule has 7 heteroatoms. The molecule has 0 aliphatic carbocycles. The molecule has 0 saturated carbocycles. The van der Waals surface area contributed by atoms with Crippen LogP contribution in [0, 0.1) is 5.82 Å². The van der Waals surface area contributed by atoms with Crippen LogP contribution in [-0.2, 0) is 11.2 Å². The molecule has 1 heterocycles. The zero-order valence-corrected chi connectivity index (χ0v) is 19.2. The summed E-state index contributed by atoms with van der Waals surface area (Å²) in [5.41, 5.74) is 2.77. The zero-order valence-electron chi connectivity index (χ0n) is 16.9. The fourth-order valence-electron chi connectivity index (χ4n) is 3.48. The predicted octanol–water partition coefficient (Wildman–Crippen LogP) is 7.34. The molecule has 162 valence electrons. The van der Waals surface area contributed by atoms with Crippen molar-refractivity contribution in [3.63, 3.8) is 0 Å². The highest BCUT2D eigenvalue weighted by Crippen LogP contribution is 2.30. The van der Waals surface area contributed by atoms with E-state index in [-0.39, 0.29) is 24.1 Å². The van der Waals surface area contributed by atoms with Crippen LogP contribution in [0.5, 0.6) is 0 Å². The minimum Gasteiger partial charge on any atom is -0.302 e. The number of aromatic nitrogens is 1. The van der Waals surface area contributed by atoms with E-state index in [9.17, 15) is 9.18 Å². The van der Waals surface area contributed by atoms with Gasteiger partial charge in [0.25, 0.3) is 0 Å². The number of nitrogens with zero attached hydrogens (tertiary/aromatic N) is 1. The second-order valence-electron chi connectivity index (χ2n) is 7.31. The molecule has 1 N–H and O–H groups in total. The van der Waals surface area contributed by atoms with Gasteiger partial charge in [0.2, 0.25) is 5.91 Å². The van der Waals surface area contributed by atoms with Gasteiger partial charge in [-0.15, -0.1) is 11.3 Å². The highest BCUT2D eigenvalue weighted by atomic mass is 35.5. The monoisotopic (exact) mass is 484 g/mol. The Morgan fingerprint density at radius 3 is 2.47 bits per heavy atom. The second-order valence-corrected chi connectivity index (χ2v) is 9.27. The van der Waals surface area contributed by atoms with Crippen LogP contribution in [0.2, 0.25) is 10.0 Å². The van der Waals surface area contributed by atoms with Crippen LogP contribution in [0.4, 0.5) is 9.52 Å². The first-order valence-corrected chi connectivity index (χ1v) is 11.5. The Morgan fingerprint density at radius 1 is 1.00 bits per heavy atom. The van der Waals surface area contributed by atoms with E-state index in [2.05, 4.69) is 10.3 Å². The van der Waals surface area contributed by atoms with E-state index in [1.165, 1.54) is 23.5 Å². The van der Waals surface area contributed by atoms with Crippen molar-refractivity contribution in [2.45, 2.75) is 18.8 Å². The van der Waals surface area contributed by atoms with Crippen LogP contribution in [0.1, 0.15) is 33.9 Å². The molecule has 1 aromatic heterocycles. The molecule has 1 unspecified atom stereocenters. The maximum absolute atomic E-state index is 13.4. The molecule has 0 radical (unpaired) electrons. The quantitative estimate of drug-likeness (QED) is 0.298. The highest BCUT2D eigenvalue weighted by Gasteiger charge is 2.19. The minimum atomic E-state index is -0.305. The molecule has 0 fully saturated rings. The zero-order chi connectivity index (χ0) is 22.5. The lowest BCUT2D eigenvalue weighted by Crippen LogP contribution is -2.16. The van der Waals surface area contributed by atoms with Crippen molar-refractivity contribution in [1.29, 1.82) is 0 Å². The number of carbonyl (C=O) groups excluding carboxylic acids is 1. The van der Waals surface area contributed by atoms with E-state index in [0.29, 0.717) is 21.6 Å². The number of benzene rings is 3. The third kappa shape index (κ3) is 5.74. The van der Waals surface area contributed by atoms with Crippen LogP contribution in [0.3, 0.4) is 0 Å². The molecular weight excluding hydrogens is 466 g/mol. The smallest absolute Gasteiger partial charge is 0.227 e. The van der Waals surface area contributed by atoms with Crippen molar-refractivity contribution in [2.75, 3.05) is 5.32 Å². The number of amides is 1. The lowest BCUT2D eigenvalue weighted by molar-refractivity contribution is -0.116. The van der Waals surface area contributed by atoms with Gasteiger partial charge in [-0.2, -0.15) is 0 Å². The lowest BCUT2D eigenvalue weighted by Gasteiger charge is -2.17. The molecule has 0 spiro atoms. The van der Waals surface area contributed by atoms with Gasteiger partial charge < -0.3 is 5.32 Å². The highest BCUT2D eigenvalue weighted by molar-refractivity contribution is 7.15. The van der Waals surface area contributed by atoms with E-state index in [4.69, 9.17) is 23.2 Å². The van der Waals surface area contributed by atoms with Gasteiger partial charge in [0.1, 0.15) is 5.82 Å². The largest absolute Gasteiger partial charge is 0.302 e. The van der Waals surface area contributed by atoms with Gasteiger partial charge in [-0.1, -0.05) is 65.7 Å². The van der Waals surface area contributed by atoms with Crippen molar-refractivity contribution in [1.82, 2.24) is 4.98 Å². The topological polar surface area (TPSA) is 42.0 Å². The van der Waals surface area contributed by atoms with Gasteiger partial charge in [0.15, 0.2) is 5.13 Å². The minimum absolute atomic E-state index is 0.162. The maximum Gasteiger partial charge on any atom is 0.227 e. The summed E-state index contributed by atoms with van der Waals surface area (Å²) in [5, 5.41) is 4.67. The first-order chi connectivity index (χ1) is 15.5. The summed E-state index contributed by atoms with van der Waals surface area (Å²) in [6, 6.07) is 21.3. The molecule has 1 atom stereocenters.